The standard InChI is InChI=1S/C8H11F3/c1-3-5-7(6-4-2)8(9,10)11/h3,5-6H,4H2,1-2H3. The first-order valence-corrected chi connectivity index (χ1v) is 3.42. The van der Waals surface area contributed by atoms with E-state index in [-0.39, 0.29) is 0 Å². The Labute approximate surface area is 64.4 Å². The highest BCUT2D eigenvalue weighted by molar-refractivity contribution is 5.22. The van der Waals surface area contributed by atoms with Gasteiger partial charge in [-0.1, -0.05) is 25.2 Å². The van der Waals surface area contributed by atoms with E-state index in [1.54, 1.807) is 13.8 Å². The zero-order chi connectivity index (χ0) is 8.91. The van der Waals surface area contributed by atoms with Crippen LogP contribution in [-0.4, -0.2) is 6.18 Å². The quantitative estimate of drug-likeness (QED) is 0.548. The van der Waals surface area contributed by atoms with Gasteiger partial charge in [-0.2, -0.15) is 13.2 Å². The maximum absolute atomic E-state index is 12.0. The Balaban J connectivity index is 4.48. The van der Waals surface area contributed by atoms with E-state index in [1.807, 2.05) is 0 Å². The molecule has 3 heteroatoms. The molecule has 0 aliphatic carbocycles. The molecular weight excluding hydrogens is 153 g/mol. The minimum Gasteiger partial charge on any atom is -0.166 e. The maximum Gasteiger partial charge on any atom is 0.416 e. The molecule has 0 radical (unpaired) electrons. The van der Waals surface area contributed by atoms with Crippen molar-refractivity contribution in [2.45, 2.75) is 26.4 Å². The second kappa shape index (κ2) is 4.21. The van der Waals surface area contributed by atoms with Crippen molar-refractivity contribution in [3.05, 3.63) is 23.8 Å². The molecule has 64 valence electrons. The molecule has 0 aromatic carbocycles. The molecule has 11 heavy (non-hydrogen) atoms. The molecule has 0 spiro atoms. The minimum atomic E-state index is -4.21. The summed E-state index contributed by atoms with van der Waals surface area (Å²) >= 11 is 0. The molecule has 0 atom stereocenters. The summed E-state index contributed by atoms with van der Waals surface area (Å²) in [6, 6.07) is 0. The van der Waals surface area contributed by atoms with Crippen molar-refractivity contribution in [1.29, 1.82) is 0 Å². The number of halogens is 3. The van der Waals surface area contributed by atoms with Gasteiger partial charge in [0.2, 0.25) is 0 Å². The van der Waals surface area contributed by atoms with E-state index in [9.17, 15) is 13.2 Å². The van der Waals surface area contributed by atoms with Crippen LogP contribution in [-0.2, 0) is 0 Å². The Hall–Kier alpha value is -0.730. The molecule has 0 heterocycles. The summed E-state index contributed by atoms with van der Waals surface area (Å²) in [6.07, 6.45) is -0.180. The second-order valence-corrected chi connectivity index (χ2v) is 2.07. The minimum absolute atomic E-state index is 0.402. The summed E-state index contributed by atoms with van der Waals surface area (Å²) in [5.41, 5.74) is -0.567. The molecule has 0 saturated heterocycles. The van der Waals surface area contributed by atoms with Crippen LogP contribution in [0.25, 0.3) is 0 Å². The zero-order valence-corrected chi connectivity index (χ0v) is 6.57. The van der Waals surface area contributed by atoms with Crippen molar-refractivity contribution >= 4 is 0 Å². The van der Waals surface area contributed by atoms with E-state index in [1.165, 1.54) is 12.2 Å². The Kier molecular flexibility index (Phi) is 3.93. The van der Waals surface area contributed by atoms with Crippen LogP contribution in [0.1, 0.15) is 20.3 Å². The van der Waals surface area contributed by atoms with Gasteiger partial charge in [-0.05, 0) is 13.3 Å². The van der Waals surface area contributed by atoms with Crippen LogP contribution in [0.15, 0.2) is 23.8 Å². The van der Waals surface area contributed by atoms with Crippen LogP contribution in [0.3, 0.4) is 0 Å². The summed E-state index contributed by atoms with van der Waals surface area (Å²) in [6.45, 7) is 3.24. The van der Waals surface area contributed by atoms with Crippen LogP contribution >= 0.6 is 0 Å². The lowest BCUT2D eigenvalue weighted by Gasteiger charge is -2.06. The van der Waals surface area contributed by atoms with E-state index in [0.29, 0.717) is 6.42 Å². The lowest BCUT2D eigenvalue weighted by molar-refractivity contribution is -0.0884. The third kappa shape index (κ3) is 3.86. The van der Waals surface area contributed by atoms with Crippen LogP contribution in [0.5, 0.6) is 0 Å². The lowest BCUT2D eigenvalue weighted by Crippen LogP contribution is -2.09. The molecule has 0 aliphatic heterocycles. The molecule has 0 bridgehead atoms. The Bertz CT molecular complexity index is 163. The average Bonchev–Trinajstić information content (AvgIpc) is 1.85. The first-order valence-electron chi connectivity index (χ1n) is 3.42. The maximum atomic E-state index is 12.0. The third-order valence-electron chi connectivity index (χ3n) is 1.10. The van der Waals surface area contributed by atoms with E-state index in [4.69, 9.17) is 0 Å². The second-order valence-electron chi connectivity index (χ2n) is 2.07. The summed E-state index contributed by atoms with van der Waals surface area (Å²) in [4.78, 5) is 0. The van der Waals surface area contributed by atoms with Crippen molar-refractivity contribution in [2.75, 3.05) is 0 Å². The van der Waals surface area contributed by atoms with Crippen molar-refractivity contribution in [3.63, 3.8) is 0 Å². The van der Waals surface area contributed by atoms with Gasteiger partial charge in [0, 0.05) is 0 Å². The monoisotopic (exact) mass is 164 g/mol. The van der Waals surface area contributed by atoms with E-state index >= 15 is 0 Å². The highest BCUT2D eigenvalue weighted by Gasteiger charge is 2.30. The van der Waals surface area contributed by atoms with Gasteiger partial charge in [0.25, 0.3) is 0 Å². The summed E-state index contributed by atoms with van der Waals surface area (Å²) in [7, 11) is 0. The molecule has 0 rings (SSSR count). The number of allylic oxidation sites excluding steroid dienone is 4. The predicted octanol–water partition coefficient (Wildman–Crippen LogP) is 3.46. The van der Waals surface area contributed by atoms with E-state index in [0.717, 1.165) is 6.08 Å². The number of hydrogen-bond acceptors (Lipinski definition) is 0. The van der Waals surface area contributed by atoms with Crippen molar-refractivity contribution in [3.8, 4) is 0 Å². The molecular formula is C8H11F3. The van der Waals surface area contributed by atoms with Crippen LogP contribution < -0.4 is 0 Å². The topological polar surface area (TPSA) is 0 Å². The fraction of sp³-hybridized carbons (Fsp3) is 0.500. The molecule has 0 aliphatic rings. The van der Waals surface area contributed by atoms with Crippen molar-refractivity contribution < 1.29 is 13.2 Å². The SMILES string of the molecule is CC=CC(=CCC)C(F)(F)F. The lowest BCUT2D eigenvalue weighted by atomic mass is 10.2. The normalized spacial score (nSPS) is 14.5. The van der Waals surface area contributed by atoms with Gasteiger partial charge in [0.15, 0.2) is 0 Å². The van der Waals surface area contributed by atoms with Gasteiger partial charge < -0.3 is 0 Å². The number of rotatable bonds is 2. The number of hydrogen-bond donors (Lipinski definition) is 0. The molecule has 0 aromatic heterocycles. The van der Waals surface area contributed by atoms with Gasteiger partial charge in [0.05, 0.1) is 5.57 Å². The molecule has 0 unspecified atom stereocenters. The van der Waals surface area contributed by atoms with Gasteiger partial charge in [-0.15, -0.1) is 0 Å². The summed E-state index contributed by atoms with van der Waals surface area (Å²) in [5, 5.41) is 0. The fourth-order valence-electron chi connectivity index (χ4n) is 0.678. The van der Waals surface area contributed by atoms with Gasteiger partial charge in [0.1, 0.15) is 0 Å². The third-order valence-corrected chi connectivity index (χ3v) is 1.10. The first-order chi connectivity index (χ1) is 5.02. The Morgan fingerprint density at radius 2 is 1.91 bits per heavy atom. The predicted molar refractivity (Wildman–Crippen MR) is 39.2 cm³/mol. The van der Waals surface area contributed by atoms with Gasteiger partial charge >= 0.3 is 6.18 Å². The van der Waals surface area contributed by atoms with E-state index in [2.05, 4.69) is 0 Å². The van der Waals surface area contributed by atoms with Crippen molar-refractivity contribution in [2.24, 2.45) is 0 Å². The smallest absolute Gasteiger partial charge is 0.166 e. The van der Waals surface area contributed by atoms with Crippen LogP contribution in [0, 0.1) is 0 Å². The van der Waals surface area contributed by atoms with E-state index < -0.39 is 11.7 Å². The highest BCUT2D eigenvalue weighted by atomic mass is 19.4. The van der Waals surface area contributed by atoms with Crippen LogP contribution in [0.2, 0.25) is 0 Å². The first kappa shape index (κ1) is 10.3. The zero-order valence-electron chi connectivity index (χ0n) is 6.57. The Morgan fingerprint density at radius 1 is 1.36 bits per heavy atom. The molecule has 0 aromatic rings. The molecule has 0 amide bonds. The molecule has 0 saturated carbocycles. The molecule has 0 N–H and O–H groups in total. The van der Waals surface area contributed by atoms with Gasteiger partial charge in [-0.25, -0.2) is 0 Å². The summed E-state index contributed by atoms with van der Waals surface area (Å²) in [5.74, 6) is 0. The average molecular weight is 164 g/mol. The molecule has 0 fully saturated rings. The Morgan fingerprint density at radius 3 is 2.18 bits per heavy atom. The number of alkyl halides is 3. The largest absolute Gasteiger partial charge is 0.416 e. The van der Waals surface area contributed by atoms with Crippen LogP contribution in [0.4, 0.5) is 13.2 Å². The summed E-state index contributed by atoms with van der Waals surface area (Å²) < 4.78 is 35.9. The molecule has 0 nitrogen and oxygen atoms in total. The fourth-order valence-corrected chi connectivity index (χ4v) is 0.678. The van der Waals surface area contributed by atoms with Gasteiger partial charge in [-0.3, -0.25) is 0 Å². The highest BCUT2D eigenvalue weighted by Crippen LogP contribution is 2.26. The van der Waals surface area contributed by atoms with Crippen molar-refractivity contribution in [1.82, 2.24) is 0 Å².